The fourth-order valence-electron chi connectivity index (χ4n) is 1.51. The zero-order valence-electron chi connectivity index (χ0n) is 13.5. The molecule has 1 N–H and O–H groups in total. The number of nitrogens with one attached hydrogen (secondary N) is 1. The third-order valence-corrected chi connectivity index (χ3v) is 2.44. The molecule has 6 heteroatoms. The summed E-state index contributed by atoms with van der Waals surface area (Å²) in [6, 6.07) is 8.58. The van der Waals surface area contributed by atoms with Crippen molar-refractivity contribution < 1.29 is 23.9 Å². The normalized spacial score (nSPS) is 11.1. The minimum Gasteiger partial charge on any atom is -0.461 e. The Kier molecular flexibility index (Phi) is 6.99. The Labute approximate surface area is 135 Å². The lowest BCUT2D eigenvalue weighted by molar-refractivity contribution is -0.137. The molecule has 0 aromatic heterocycles. The van der Waals surface area contributed by atoms with Crippen molar-refractivity contribution in [3.63, 3.8) is 0 Å². The van der Waals surface area contributed by atoms with Crippen LogP contribution in [0, 0.1) is 0 Å². The van der Waals surface area contributed by atoms with Crippen LogP contribution in [-0.2, 0) is 14.3 Å². The van der Waals surface area contributed by atoms with Gasteiger partial charge in [-0.2, -0.15) is 0 Å². The van der Waals surface area contributed by atoms with Gasteiger partial charge in [0.2, 0.25) is 0 Å². The molecule has 0 atom stereocenters. The molecule has 0 aliphatic carbocycles. The third-order valence-electron chi connectivity index (χ3n) is 2.44. The van der Waals surface area contributed by atoms with Gasteiger partial charge in [0.1, 0.15) is 12.2 Å². The minimum absolute atomic E-state index is 0.0120. The summed E-state index contributed by atoms with van der Waals surface area (Å²) >= 11 is 0. The van der Waals surface area contributed by atoms with Crippen molar-refractivity contribution in [1.29, 1.82) is 0 Å². The summed E-state index contributed by atoms with van der Waals surface area (Å²) in [4.78, 5) is 34.5. The van der Waals surface area contributed by atoms with Crippen LogP contribution in [-0.4, -0.2) is 36.6 Å². The average molecular weight is 319 g/mol. The Hall–Kier alpha value is -2.63. The number of allylic oxidation sites excluding steroid dienone is 1. The summed E-state index contributed by atoms with van der Waals surface area (Å²) in [5.41, 5.74) is -0.0930. The summed E-state index contributed by atoms with van der Waals surface area (Å²) in [6.45, 7) is 5.37. The molecule has 0 heterocycles. The second-order valence-corrected chi connectivity index (χ2v) is 5.66. The van der Waals surface area contributed by atoms with E-state index in [2.05, 4.69) is 5.32 Å². The number of hydrogen-bond donors (Lipinski definition) is 1. The van der Waals surface area contributed by atoms with Gasteiger partial charge in [0.15, 0.2) is 5.78 Å². The van der Waals surface area contributed by atoms with E-state index in [4.69, 9.17) is 9.47 Å². The minimum atomic E-state index is -0.653. The van der Waals surface area contributed by atoms with Crippen LogP contribution < -0.4 is 5.32 Å². The molecule has 1 amide bonds. The second kappa shape index (κ2) is 8.73. The van der Waals surface area contributed by atoms with Crippen LogP contribution >= 0.6 is 0 Å². The van der Waals surface area contributed by atoms with Crippen LogP contribution in [0.3, 0.4) is 0 Å². The summed E-state index contributed by atoms with van der Waals surface area (Å²) in [5, 5.41) is 2.46. The number of ketones is 1. The predicted octanol–water partition coefficient (Wildman–Crippen LogP) is 2.49. The van der Waals surface area contributed by atoms with Gasteiger partial charge in [-0.25, -0.2) is 9.59 Å². The summed E-state index contributed by atoms with van der Waals surface area (Å²) in [5.74, 6) is -0.935. The van der Waals surface area contributed by atoms with E-state index in [-0.39, 0.29) is 18.9 Å². The molecule has 6 nitrogen and oxygen atoms in total. The number of carbonyl (C=O) groups is 3. The third kappa shape index (κ3) is 8.40. The van der Waals surface area contributed by atoms with Crippen molar-refractivity contribution in [3.8, 4) is 0 Å². The Morgan fingerprint density at radius 1 is 1.09 bits per heavy atom. The molecule has 0 saturated carbocycles. The van der Waals surface area contributed by atoms with Crippen molar-refractivity contribution in [3.05, 3.63) is 48.0 Å². The molecule has 0 aliphatic heterocycles. The highest BCUT2D eigenvalue weighted by Crippen LogP contribution is 2.06. The molecule has 124 valence electrons. The number of amides is 1. The molecule has 0 saturated heterocycles. The molecular formula is C17H21NO5. The molecule has 0 radical (unpaired) electrons. The zero-order chi connectivity index (χ0) is 17.3. The first-order chi connectivity index (χ1) is 10.8. The first-order valence-electron chi connectivity index (χ1n) is 7.19. The Balaban J connectivity index is 2.26. The largest absolute Gasteiger partial charge is 0.461 e. The van der Waals surface area contributed by atoms with Gasteiger partial charge in [0.25, 0.3) is 0 Å². The van der Waals surface area contributed by atoms with E-state index in [0.717, 1.165) is 12.2 Å². The van der Waals surface area contributed by atoms with Gasteiger partial charge in [-0.3, -0.25) is 4.79 Å². The van der Waals surface area contributed by atoms with E-state index in [9.17, 15) is 14.4 Å². The van der Waals surface area contributed by atoms with Crippen molar-refractivity contribution in [2.45, 2.75) is 26.4 Å². The highest BCUT2D eigenvalue weighted by atomic mass is 16.6. The van der Waals surface area contributed by atoms with Crippen LogP contribution in [0.4, 0.5) is 4.79 Å². The lowest BCUT2D eigenvalue weighted by Crippen LogP contribution is -2.34. The van der Waals surface area contributed by atoms with Crippen molar-refractivity contribution in [1.82, 2.24) is 5.32 Å². The smallest absolute Gasteiger partial charge is 0.407 e. The van der Waals surface area contributed by atoms with E-state index in [0.29, 0.717) is 5.56 Å². The van der Waals surface area contributed by atoms with E-state index in [1.54, 1.807) is 51.1 Å². The van der Waals surface area contributed by atoms with Crippen molar-refractivity contribution in [2.24, 2.45) is 0 Å². The van der Waals surface area contributed by atoms with Gasteiger partial charge < -0.3 is 14.8 Å². The number of carbonyl (C=O) groups excluding carboxylic acids is 3. The molecule has 0 spiro atoms. The first-order valence-corrected chi connectivity index (χ1v) is 7.19. The molecule has 1 rings (SSSR count). The quantitative estimate of drug-likeness (QED) is 0.377. The maximum Gasteiger partial charge on any atom is 0.407 e. The number of rotatable bonds is 6. The van der Waals surface area contributed by atoms with Gasteiger partial charge in [-0.05, 0) is 26.8 Å². The lowest BCUT2D eigenvalue weighted by Gasteiger charge is -2.19. The highest BCUT2D eigenvalue weighted by Gasteiger charge is 2.15. The predicted molar refractivity (Wildman–Crippen MR) is 85.1 cm³/mol. The average Bonchev–Trinajstić information content (AvgIpc) is 2.48. The number of ether oxygens (including phenoxy) is 2. The maximum absolute atomic E-state index is 11.7. The number of alkyl carbamates (subject to hydrolysis) is 1. The highest BCUT2D eigenvalue weighted by molar-refractivity contribution is 6.06. The van der Waals surface area contributed by atoms with E-state index < -0.39 is 17.7 Å². The van der Waals surface area contributed by atoms with Crippen molar-refractivity contribution >= 4 is 17.8 Å². The van der Waals surface area contributed by atoms with Gasteiger partial charge in [-0.1, -0.05) is 30.3 Å². The van der Waals surface area contributed by atoms with Crippen LogP contribution in [0.5, 0.6) is 0 Å². The van der Waals surface area contributed by atoms with Gasteiger partial charge in [0.05, 0.1) is 6.54 Å². The van der Waals surface area contributed by atoms with Crippen molar-refractivity contribution in [2.75, 3.05) is 13.2 Å². The number of benzene rings is 1. The van der Waals surface area contributed by atoms with E-state index in [1.165, 1.54) is 0 Å². The molecule has 1 aromatic carbocycles. The SMILES string of the molecule is CC(C)(C)OC(=O)NCCOC(=O)/C=C/C(=O)c1ccccc1. The number of hydrogen-bond acceptors (Lipinski definition) is 5. The summed E-state index contributed by atoms with van der Waals surface area (Å²) in [6.07, 6.45) is 1.63. The molecule has 0 unspecified atom stereocenters. The standard InChI is InChI=1S/C17H21NO5/c1-17(2,3)23-16(21)18-11-12-22-15(20)10-9-14(19)13-7-5-4-6-8-13/h4-10H,11-12H2,1-3H3,(H,18,21)/b10-9+. The molecule has 1 aromatic rings. The van der Waals surface area contributed by atoms with Gasteiger partial charge >= 0.3 is 12.1 Å². The fourth-order valence-corrected chi connectivity index (χ4v) is 1.51. The monoisotopic (exact) mass is 319 g/mol. The summed E-state index contributed by atoms with van der Waals surface area (Å²) < 4.78 is 9.88. The molecule has 0 bridgehead atoms. The number of esters is 1. The Bertz CT molecular complexity index is 572. The second-order valence-electron chi connectivity index (χ2n) is 5.66. The first kappa shape index (κ1) is 18.4. The van der Waals surface area contributed by atoms with Gasteiger partial charge in [0, 0.05) is 11.6 Å². The van der Waals surface area contributed by atoms with Crippen LogP contribution in [0.1, 0.15) is 31.1 Å². The van der Waals surface area contributed by atoms with E-state index >= 15 is 0 Å². The Morgan fingerprint density at radius 2 is 1.74 bits per heavy atom. The maximum atomic E-state index is 11.7. The van der Waals surface area contributed by atoms with E-state index in [1.807, 2.05) is 0 Å². The van der Waals surface area contributed by atoms with Crippen LogP contribution in [0.2, 0.25) is 0 Å². The zero-order valence-corrected chi connectivity index (χ0v) is 13.5. The summed E-state index contributed by atoms with van der Waals surface area (Å²) in [7, 11) is 0. The van der Waals surface area contributed by atoms with Crippen LogP contribution in [0.25, 0.3) is 0 Å². The Morgan fingerprint density at radius 3 is 2.35 bits per heavy atom. The fraction of sp³-hybridized carbons (Fsp3) is 0.353. The topological polar surface area (TPSA) is 81.7 Å². The van der Waals surface area contributed by atoms with Crippen LogP contribution in [0.15, 0.2) is 42.5 Å². The molecule has 23 heavy (non-hydrogen) atoms. The molecule has 0 fully saturated rings. The molecular weight excluding hydrogens is 298 g/mol. The molecule has 0 aliphatic rings. The lowest BCUT2D eigenvalue weighted by atomic mass is 10.1. The van der Waals surface area contributed by atoms with Gasteiger partial charge in [-0.15, -0.1) is 0 Å².